The van der Waals surface area contributed by atoms with Gasteiger partial charge in [-0.25, -0.2) is 4.79 Å². The van der Waals surface area contributed by atoms with E-state index in [1.54, 1.807) is 31.2 Å². The van der Waals surface area contributed by atoms with Crippen LogP contribution in [0.1, 0.15) is 19.8 Å². The van der Waals surface area contributed by atoms with Gasteiger partial charge in [-0.1, -0.05) is 18.2 Å². The van der Waals surface area contributed by atoms with Gasteiger partial charge in [0.1, 0.15) is 6.04 Å². The largest absolute Gasteiger partial charge is 0.332 e. The van der Waals surface area contributed by atoms with Gasteiger partial charge in [0.2, 0.25) is 0 Å². The van der Waals surface area contributed by atoms with Gasteiger partial charge in [-0.2, -0.15) is 10.5 Å². The molecule has 22 heavy (non-hydrogen) atoms. The number of carbonyl (C=O) groups excluding carboxylic acids is 2. The Morgan fingerprint density at radius 3 is 2.50 bits per heavy atom. The SMILES string of the molecule is C[C@@H]1C(=O)N(C[C@H](C#N)CCC#N)C(=O)N1c1ccccc1. The van der Waals surface area contributed by atoms with Crippen LogP contribution in [0.2, 0.25) is 0 Å². The lowest BCUT2D eigenvalue weighted by atomic mass is 10.1. The van der Waals surface area contributed by atoms with Crippen molar-refractivity contribution < 1.29 is 9.59 Å². The Morgan fingerprint density at radius 1 is 1.23 bits per heavy atom. The van der Waals surface area contributed by atoms with Gasteiger partial charge < -0.3 is 0 Å². The smallest absolute Gasteiger partial charge is 0.282 e. The fourth-order valence-corrected chi connectivity index (χ4v) is 2.47. The molecule has 0 saturated carbocycles. The highest BCUT2D eigenvalue weighted by molar-refractivity contribution is 6.14. The van der Waals surface area contributed by atoms with Gasteiger partial charge in [0.15, 0.2) is 0 Å². The maximum Gasteiger partial charge on any atom is 0.332 e. The van der Waals surface area contributed by atoms with E-state index in [9.17, 15) is 9.59 Å². The van der Waals surface area contributed by atoms with Crippen LogP contribution in [0.5, 0.6) is 0 Å². The number of rotatable bonds is 5. The number of imide groups is 1. The standard InChI is InChI=1S/C16H16N4O2/c1-12-15(21)19(11-13(10-18)6-5-9-17)16(22)20(12)14-7-3-2-4-8-14/h2-4,7-8,12-13H,5-6,11H2,1H3/t12-,13+/m1/s1. The summed E-state index contributed by atoms with van der Waals surface area (Å²) in [6, 6.07) is 12.0. The maximum atomic E-state index is 12.5. The summed E-state index contributed by atoms with van der Waals surface area (Å²) in [4.78, 5) is 27.4. The number of carbonyl (C=O) groups is 2. The minimum absolute atomic E-state index is 0.0313. The van der Waals surface area contributed by atoms with Gasteiger partial charge in [-0.15, -0.1) is 0 Å². The van der Waals surface area contributed by atoms with Gasteiger partial charge >= 0.3 is 6.03 Å². The summed E-state index contributed by atoms with van der Waals surface area (Å²) in [5.74, 6) is -0.832. The lowest BCUT2D eigenvalue weighted by Crippen LogP contribution is -2.36. The Morgan fingerprint density at radius 2 is 1.91 bits per heavy atom. The number of para-hydroxylation sites is 1. The summed E-state index contributed by atoms with van der Waals surface area (Å²) in [6.45, 7) is 1.70. The second-order valence-electron chi connectivity index (χ2n) is 5.14. The number of benzene rings is 1. The van der Waals surface area contributed by atoms with E-state index < -0.39 is 18.0 Å². The van der Waals surface area contributed by atoms with Crippen molar-refractivity contribution in [3.8, 4) is 12.1 Å². The molecular weight excluding hydrogens is 280 g/mol. The van der Waals surface area contributed by atoms with Crippen molar-refractivity contribution in [2.45, 2.75) is 25.8 Å². The number of hydrogen-bond acceptors (Lipinski definition) is 4. The molecule has 3 amide bonds. The van der Waals surface area contributed by atoms with Crippen LogP contribution < -0.4 is 4.90 Å². The molecule has 0 aromatic heterocycles. The monoisotopic (exact) mass is 296 g/mol. The van der Waals surface area contributed by atoms with E-state index in [1.165, 1.54) is 4.90 Å². The van der Waals surface area contributed by atoms with Crippen LogP contribution >= 0.6 is 0 Å². The second-order valence-corrected chi connectivity index (χ2v) is 5.14. The minimum atomic E-state index is -0.592. The van der Waals surface area contributed by atoms with Gasteiger partial charge in [-0.05, 0) is 25.5 Å². The molecule has 0 bridgehead atoms. The molecule has 0 aliphatic carbocycles. The summed E-state index contributed by atoms with van der Waals surface area (Å²) in [5, 5.41) is 17.7. The van der Waals surface area contributed by atoms with Crippen LogP contribution in [0.3, 0.4) is 0 Å². The minimum Gasteiger partial charge on any atom is -0.282 e. The fraction of sp³-hybridized carbons (Fsp3) is 0.375. The number of anilines is 1. The van der Waals surface area contributed by atoms with E-state index in [2.05, 4.69) is 6.07 Å². The van der Waals surface area contributed by atoms with Crippen molar-refractivity contribution in [3.63, 3.8) is 0 Å². The van der Waals surface area contributed by atoms with Crippen molar-refractivity contribution in [1.82, 2.24) is 4.90 Å². The summed E-state index contributed by atoms with van der Waals surface area (Å²) in [6.07, 6.45) is 0.580. The molecular formula is C16H16N4O2. The van der Waals surface area contributed by atoms with E-state index in [1.807, 2.05) is 12.1 Å². The Labute approximate surface area is 129 Å². The third-order valence-corrected chi connectivity index (χ3v) is 3.67. The Hall–Kier alpha value is -2.86. The molecule has 112 valence electrons. The number of amides is 3. The topological polar surface area (TPSA) is 88.2 Å². The van der Waals surface area contributed by atoms with Crippen molar-refractivity contribution in [2.75, 3.05) is 11.4 Å². The van der Waals surface area contributed by atoms with Gasteiger partial charge in [0.05, 0.1) is 18.1 Å². The summed E-state index contributed by atoms with van der Waals surface area (Å²) in [7, 11) is 0. The highest BCUT2D eigenvalue weighted by atomic mass is 16.2. The van der Waals surface area contributed by atoms with E-state index in [0.29, 0.717) is 12.1 Å². The molecule has 0 N–H and O–H groups in total. The fourth-order valence-electron chi connectivity index (χ4n) is 2.47. The molecule has 1 aliphatic heterocycles. The predicted molar refractivity (Wildman–Crippen MR) is 79.4 cm³/mol. The molecule has 0 radical (unpaired) electrons. The van der Waals surface area contributed by atoms with Crippen molar-refractivity contribution in [3.05, 3.63) is 30.3 Å². The van der Waals surface area contributed by atoms with Crippen LogP contribution in [0, 0.1) is 28.6 Å². The van der Waals surface area contributed by atoms with Crippen LogP contribution in [0.15, 0.2) is 30.3 Å². The van der Waals surface area contributed by atoms with E-state index in [4.69, 9.17) is 10.5 Å². The van der Waals surface area contributed by atoms with E-state index in [0.717, 1.165) is 4.90 Å². The lowest BCUT2D eigenvalue weighted by Gasteiger charge is -2.20. The van der Waals surface area contributed by atoms with Crippen molar-refractivity contribution in [2.24, 2.45) is 5.92 Å². The maximum absolute atomic E-state index is 12.5. The number of urea groups is 1. The van der Waals surface area contributed by atoms with Crippen LogP contribution in [-0.4, -0.2) is 29.4 Å². The van der Waals surface area contributed by atoms with Gasteiger partial charge in [0.25, 0.3) is 5.91 Å². The first kappa shape index (κ1) is 15.5. The number of nitrogens with zero attached hydrogens (tertiary/aromatic N) is 4. The zero-order valence-electron chi connectivity index (χ0n) is 12.3. The number of hydrogen-bond donors (Lipinski definition) is 0. The predicted octanol–water partition coefficient (Wildman–Crippen LogP) is 2.29. The molecule has 6 heteroatoms. The van der Waals surface area contributed by atoms with Crippen molar-refractivity contribution in [1.29, 1.82) is 10.5 Å². The van der Waals surface area contributed by atoms with Gasteiger partial charge in [0, 0.05) is 18.7 Å². The normalized spacial score (nSPS) is 19.0. The molecule has 1 saturated heterocycles. The Balaban J connectivity index is 2.18. The van der Waals surface area contributed by atoms with E-state index >= 15 is 0 Å². The molecule has 1 heterocycles. The quantitative estimate of drug-likeness (QED) is 0.780. The summed E-state index contributed by atoms with van der Waals surface area (Å²) in [5.41, 5.74) is 0.654. The first-order valence-electron chi connectivity index (χ1n) is 7.06. The highest BCUT2D eigenvalue weighted by Crippen LogP contribution is 2.26. The molecule has 2 rings (SSSR count). The Bertz CT molecular complexity index is 644. The third kappa shape index (κ3) is 2.91. The summed E-state index contributed by atoms with van der Waals surface area (Å²) < 4.78 is 0. The molecule has 1 aromatic carbocycles. The van der Waals surface area contributed by atoms with E-state index in [-0.39, 0.29) is 18.9 Å². The van der Waals surface area contributed by atoms with Crippen molar-refractivity contribution >= 4 is 17.6 Å². The van der Waals surface area contributed by atoms with Crippen LogP contribution in [-0.2, 0) is 4.79 Å². The molecule has 6 nitrogen and oxygen atoms in total. The molecule has 0 unspecified atom stereocenters. The first-order chi connectivity index (χ1) is 10.6. The second kappa shape index (κ2) is 6.73. The molecule has 1 aliphatic rings. The average molecular weight is 296 g/mol. The molecule has 2 atom stereocenters. The van der Waals surface area contributed by atoms with Crippen LogP contribution in [0.25, 0.3) is 0 Å². The molecule has 1 fully saturated rings. The lowest BCUT2D eigenvalue weighted by molar-refractivity contribution is -0.127. The first-order valence-corrected chi connectivity index (χ1v) is 7.06. The highest BCUT2D eigenvalue weighted by Gasteiger charge is 2.43. The zero-order chi connectivity index (χ0) is 16.1. The third-order valence-electron chi connectivity index (χ3n) is 3.67. The number of nitriles is 2. The van der Waals surface area contributed by atoms with Crippen LogP contribution in [0.4, 0.5) is 10.5 Å². The Kier molecular flexibility index (Phi) is 4.75. The van der Waals surface area contributed by atoms with Gasteiger partial charge in [-0.3, -0.25) is 14.6 Å². The average Bonchev–Trinajstić information content (AvgIpc) is 2.75. The molecule has 1 aromatic rings. The summed E-state index contributed by atoms with van der Waals surface area (Å²) >= 11 is 0. The molecule has 0 spiro atoms. The zero-order valence-corrected chi connectivity index (χ0v) is 12.3.